The highest BCUT2D eigenvalue weighted by atomic mass is 32.1. The zero-order valence-corrected chi connectivity index (χ0v) is 22.0. The van der Waals surface area contributed by atoms with Crippen molar-refractivity contribution >= 4 is 52.1 Å². The molecule has 14 heteroatoms. The monoisotopic (exact) mass is 566 g/mol. The molecule has 0 amide bonds. The number of carbonyl (C=O) groups is 2. The van der Waals surface area contributed by atoms with Gasteiger partial charge in [-0.1, -0.05) is 24.3 Å². The molecule has 0 radical (unpaired) electrons. The van der Waals surface area contributed by atoms with E-state index in [1.54, 1.807) is 19.9 Å². The number of esters is 2. The number of fused-ring (bicyclic) bond motifs is 1. The Kier molecular flexibility index (Phi) is 7.90. The first-order chi connectivity index (χ1) is 19.1. The predicted molar refractivity (Wildman–Crippen MR) is 144 cm³/mol. The molecule has 1 atom stereocenters. The number of ether oxygens (including phenoxy) is 2. The number of nitro groups is 2. The van der Waals surface area contributed by atoms with E-state index in [4.69, 9.17) is 15.2 Å². The summed E-state index contributed by atoms with van der Waals surface area (Å²) in [6.07, 6.45) is 1.40. The summed E-state index contributed by atoms with van der Waals surface area (Å²) in [5.74, 6) is -3.38. The molecule has 0 spiro atoms. The number of nitrogens with zero attached hydrogens (tertiary/aromatic N) is 3. The van der Waals surface area contributed by atoms with Gasteiger partial charge in [-0.25, -0.2) is 9.59 Å². The maximum absolute atomic E-state index is 13.6. The van der Waals surface area contributed by atoms with E-state index < -0.39 is 33.3 Å². The number of thiazole rings is 1. The molecule has 2 N–H and O–H groups in total. The van der Waals surface area contributed by atoms with Crippen LogP contribution in [0.3, 0.4) is 0 Å². The molecule has 40 heavy (non-hydrogen) atoms. The van der Waals surface area contributed by atoms with Gasteiger partial charge in [0.25, 0.3) is 16.9 Å². The predicted octanol–water partition coefficient (Wildman–Crippen LogP) is 1.76. The van der Waals surface area contributed by atoms with Crippen LogP contribution in [0.15, 0.2) is 58.9 Å². The number of aromatic nitrogens is 1. The lowest BCUT2D eigenvalue weighted by Crippen LogP contribution is -2.42. The molecule has 0 aliphatic carbocycles. The van der Waals surface area contributed by atoms with E-state index in [1.807, 2.05) is 0 Å². The molecule has 3 aromatic rings. The van der Waals surface area contributed by atoms with E-state index in [1.165, 1.54) is 48.5 Å². The molecular weight excluding hydrogens is 544 g/mol. The third-order valence-corrected chi connectivity index (χ3v) is 7.04. The van der Waals surface area contributed by atoms with Crippen molar-refractivity contribution in [2.45, 2.75) is 19.8 Å². The van der Waals surface area contributed by atoms with Gasteiger partial charge >= 0.3 is 11.9 Å². The number of carbonyl (C=O) groups excluding carboxylic acids is 2. The quantitative estimate of drug-likeness (QED) is 0.239. The van der Waals surface area contributed by atoms with Crippen molar-refractivity contribution in [2.24, 2.45) is 5.73 Å². The van der Waals surface area contributed by atoms with Crippen LogP contribution in [0.25, 0.3) is 17.5 Å². The van der Waals surface area contributed by atoms with Crippen molar-refractivity contribution in [3.63, 3.8) is 0 Å². The third-order valence-electron chi connectivity index (χ3n) is 5.93. The number of nitro benzene ring substituents is 2. The zero-order valence-electron chi connectivity index (χ0n) is 21.2. The Morgan fingerprint density at radius 1 is 0.975 bits per heavy atom. The molecule has 2 heterocycles. The van der Waals surface area contributed by atoms with Gasteiger partial charge in [0.2, 0.25) is 0 Å². The Balaban J connectivity index is 2.12. The van der Waals surface area contributed by atoms with Crippen LogP contribution >= 0.6 is 11.3 Å². The molecule has 0 bridgehead atoms. The lowest BCUT2D eigenvalue weighted by Gasteiger charge is -2.26. The first-order valence-electron chi connectivity index (χ1n) is 11.9. The van der Waals surface area contributed by atoms with E-state index in [9.17, 15) is 34.6 Å². The highest BCUT2D eigenvalue weighted by Crippen LogP contribution is 2.38. The lowest BCUT2D eigenvalue weighted by atomic mass is 9.83. The van der Waals surface area contributed by atoms with Crippen LogP contribution in [0.1, 0.15) is 30.9 Å². The summed E-state index contributed by atoms with van der Waals surface area (Å²) in [7, 11) is 0. The Hall–Kier alpha value is -5.11. The molecule has 0 saturated carbocycles. The molecule has 1 aliphatic rings. The van der Waals surface area contributed by atoms with Gasteiger partial charge in [-0.3, -0.25) is 29.6 Å². The molecule has 13 nitrogen and oxygen atoms in total. The molecule has 4 rings (SSSR count). The fourth-order valence-electron chi connectivity index (χ4n) is 4.29. The lowest BCUT2D eigenvalue weighted by molar-refractivity contribution is -0.385. The van der Waals surface area contributed by atoms with Crippen molar-refractivity contribution in [2.75, 3.05) is 13.2 Å². The molecule has 1 aliphatic heterocycles. The standard InChI is InChI=1S/C26H22N4O9S/c1-3-38-25(32)20-19(15-8-6-10-17(13-15)30(36)37)21(26(33)39-4-2)24-28(22(20)27)23(31)18(40-24)12-14-7-5-9-16(11-14)29(34)35/h5-13,19H,3-4,27H2,1-2H3/b18-12-/t19-/m1/s1. The molecule has 206 valence electrons. The smallest absolute Gasteiger partial charge is 0.338 e. The topological polar surface area (TPSA) is 187 Å². The number of rotatable bonds is 8. The van der Waals surface area contributed by atoms with Crippen LogP contribution < -0.4 is 20.5 Å². The minimum Gasteiger partial charge on any atom is -0.463 e. The van der Waals surface area contributed by atoms with Crippen LogP contribution in [0.4, 0.5) is 11.4 Å². The molecule has 0 saturated heterocycles. The SMILES string of the molecule is CCOC(=O)C1=C(N)n2c(s/c(=C\c3cccc([N+](=O)[O-])c3)c2=O)=C(C(=O)OCC)[C@@H]1c1cccc([N+](=O)[O-])c1. The minimum absolute atomic E-state index is 0.0415. The summed E-state index contributed by atoms with van der Waals surface area (Å²) in [4.78, 5) is 61.7. The van der Waals surface area contributed by atoms with Gasteiger partial charge in [0, 0.05) is 24.3 Å². The van der Waals surface area contributed by atoms with Gasteiger partial charge in [0.15, 0.2) is 0 Å². The number of nitrogens with two attached hydrogens (primary N) is 1. The van der Waals surface area contributed by atoms with Gasteiger partial charge in [-0.15, -0.1) is 11.3 Å². The highest BCUT2D eigenvalue weighted by Gasteiger charge is 2.40. The second kappa shape index (κ2) is 11.3. The summed E-state index contributed by atoms with van der Waals surface area (Å²) >= 11 is 0.860. The second-order valence-electron chi connectivity index (χ2n) is 8.35. The van der Waals surface area contributed by atoms with Crippen LogP contribution in [-0.2, 0) is 19.1 Å². The second-order valence-corrected chi connectivity index (χ2v) is 9.38. The summed E-state index contributed by atoms with van der Waals surface area (Å²) in [6, 6.07) is 10.9. The number of hydrogen-bond acceptors (Lipinski definition) is 11. The zero-order chi connectivity index (χ0) is 29.1. The van der Waals surface area contributed by atoms with Crippen LogP contribution in [0, 0.1) is 20.2 Å². The summed E-state index contributed by atoms with van der Waals surface area (Å²) in [5.41, 5.74) is 5.34. The Labute approximate surface area is 229 Å². The van der Waals surface area contributed by atoms with Crippen molar-refractivity contribution < 1.29 is 28.9 Å². The first-order valence-corrected chi connectivity index (χ1v) is 12.7. The molecule has 1 aromatic heterocycles. The van der Waals surface area contributed by atoms with Gasteiger partial charge in [0.1, 0.15) is 10.5 Å². The summed E-state index contributed by atoms with van der Waals surface area (Å²) < 4.78 is 11.6. The third kappa shape index (κ3) is 5.11. The van der Waals surface area contributed by atoms with Crippen LogP contribution in [-0.4, -0.2) is 39.6 Å². The maximum Gasteiger partial charge on any atom is 0.338 e. The number of hydrogen-bond donors (Lipinski definition) is 1. The Morgan fingerprint density at radius 3 is 2.15 bits per heavy atom. The van der Waals surface area contributed by atoms with Gasteiger partial charge in [0.05, 0.1) is 44.7 Å². The summed E-state index contributed by atoms with van der Waals surface area (Å²) in [5, 5.41) is 22.7. The first kappa shape index (κ1) is 27.9. The summed E-state index contributed by atoms with van der Waals surface area (Å²) in [6.45, 7) is 3.04. The van der Waals surface area contributed by atoms with E-state index in [0.717, 1.165) is 15.9 Å². The largest absolute Gasteiger partial charge is 0.463 e. The van der Waals surface area contributed by atoms with E-state index >= 15 is 0 Å². The van der Waals surface area contributed by atoms with Crippen molar-refractivity contribution in [3.05, 3.63) is 105 Å². The minimum atomic E-state index is -1.26. The number of non-ortho nitro benzene ring substituents is 2. The van der Waals surface area contributed by atoms with Crippen molar-refractivity contribution in [1.29, 1.82) is 0 Å². The van der Waals surface area contributed by atoms with Gasteiger partial charge in [-0.05, 0) is 31.1 Å². The molecule has 0 fully saturated rings. The fourth-order valence-corrected chi connectivity index (χ4v) is 5.46. The Bertz CT molecular complexity index is 1770. The van der Waals surface area contributed by atoms with E-state index in [2.05, 4.69) is 0 Å². The highest BCUT2D eigenvalue weighted by molar-refractivity contribution is 7.07. The van der Waals surface area contributed by atoms with Gasteiger partial charge in [-0.2, -0.15) is 0 Å². The average molecular weight is 567 g/mol. The molecular formula is C26H22N4O9S. The number of benzene rings is 2. The van der Waals surface area contributed by atoms with Crippen molar-refractivity contribution in [1.82, 2.24) is 4.57 Å². The normalized spacial score (nSPS) is 15.0. The molecule has 2 aromatic carbocycles. The van der Waals surface area contributed by atoms with E-state index in [-0.39, 0.29) is 56.3 Å². The van der Waals surface area contributed by atoms with Crippen LogP contribution in [0.2, 0.25) is 0 Å². The van der Waals surface area contributed by atoms with Crippen LogP contribution in [0.5, 0.6) is 0 Å². The maximum atomic E-state index is 13.6. The van der Waals surface area contributed by atoms with Crippen molar-refractivity contribution in [3.8, 4) is 0 Å². The van der Waals surface area contributed by atoms with Gasteiger partial charge < -0.3 is 15.2 Å². The van der Waals surface area contributed by atoms with E-state index in [0.29, 0.717) is 5.56 Å². The average Bonchev–Trinajstić information content (AvgIpc) is 3.24. The molecule has 0 unspecified atom stereocenters. The fraction of sp³-hybridized carbons (Fsp3) is 0.192. The Morgan fingerprint density at radius 2 is 1.55 bits per heavy atom.